The van der Waals surface area contributed by atoms with Crippen LogP contribution in [-0.2, 0) is 14.4 Å². The molecule has 8 nitrogen and oxygen atoms in total. The average molecular weight is 491 g/mol. The molecule has 0 aliphatic carbocycles. The maximum atomic E-state index is 13.1. The van der Waals surface area contributed by atoms with Crippen molar-refractivity contribution in [1.29, 1.82) is 0 Å². The second kappa shape index (κ2) is 10.6. The quantitative estimate of drug-likeness (QED) is 0.505. The molecule has 2 aromatic carbocycles. The van der Waals surface area contributed by atoms with Crippen LogP contribution >= 0.6 is 0 Å². The van der Waals surface area contributed by atoms with Crippen molar-refractivity contribution >= 4 is 23.7 Å². The average Bonchev–Trinajstić information content (AvgIpc) is 2.92. The Morgan fingerprint density at radius 1 is 1.08 bits per heavy atom. The maximum Gasteiger partial charge on any atom is 0.267 e. The third-order valence-corrected chi connectivity index (χ3v) is 6.95. The van der Waals surface area contributed by atoms with Crippen LogP contribution in [0.5, 0.6) is 5.75 Å². The van der Waals surface area contributed by atoms with E-state index in [1.54, 1.807) is 18.2 Å². The van der Waals surface area contributed by atoms with Crippen molar-refractivity contribution in [2.24, 2.45) is 0 Å². The number of ketones is 1. The van der Waals surface area contributed by atoms with Crippen molar-refractivity contribution in [2.75, 3.05) is 19.7 Å². The lowest BCUT2D eigenvalue weighted by molar-refractivity contribution is -0.198. The molecule has 1 unspecified atom stereocenters. The summed E-state index contributed by atoms with van der Waals surface area (Å²) in [5.41, 5.74) is 3.69. The predicted molar refractivity (Wildman–Crippen MR) is 132 cm³/mol. The van der Waals surface area contributed by atoms with Gasteiger partial charge in [-0.1, -0.05) is 24.3 Å². The highest BCUT2D eigenvalue weighted by atomic mass is 16.8. The van der Waals surface area contributed by atoms with Crippen LogP contribution < -0.4 is 10.2 Å². The molecule has 2 amide bonds. The number of hydrogen-bond donors (Lipinski definition) is 1. The van der Waals surface area contributed by atoms with Gasteiger partial charge in [0, 0.05) is 50.6 Å². The monoisotopic (exact) mass is 490 g/mol. The molecule has 36 heavy (non-hydrogen) atoms. The van der Waals surface area contributed by atoms with E-state index in [-0.39, 0.29) is 18.1 Å². The molecular weight excluding hydrogens is 460 g/mol. The SMILES string of the molecule is O=C(C=Cc1ccc2c(c1)C(=O)CC1(CCN(C(=O)c3ccccc3)CC1)O2)NOC1CCCCO1. The Balaban J connectivity index is 1.18. The number of nitrogens with one attached hydrogen (secondary N) is 1. The van der Waals surface area contributed by atoms with E-state index in [2.05, 4.69) is 5.48 Å². The van der Waals surface area contributed by atoms with E-state index in [1.807, 2.05) is 41.3 Å². The van der Waals surface area contributed by atoms with Crippen LogP contribution in [0.2, 0.25) is 0 Å². The molecule has 3 aliphatic rings. The standard InChI is InChI=1S/C28H30N2O6/c31-23-19-28(13-15-30(16-14-28)27(33)21-6-2-1-3-7-21)35-24-11-9-20(18-22(23)24)10-12-25(32)29-36-26-8-4-5-17-34-26/h1-3,6-7,9-12,18,26H,4-5,8,13-17,19H2,(H,29,32). The number of hydrogen-bond acceptors (Lipinski definition) is 6. The first-order valence-electron chi connectivity index (χ1n) is 12.5. The number of nitrogens with zero attached hydrogens (tertiary/aromatic N) is 1. The molecule has 8 heteroatoms. The number of carbonyl (C=O) groups is 3. The number of fused-ring (bicyclic) bond motifs is 1. The summed E-state index contributed by atoms with van der Waals surface area (Å²) < 4.78 is 11.8. The number of ether oxygens (including phenoxy) is 2. The fraction of sp³-hybridized carbons (Fsp3) is 0.393. The number of rotatable bonds is 5. The molecule has 2 fully saturated rings. The molecule has 3 heterocycles. The molecule has 1 N–H and O–H groups in total. The van der Waals surface area contributed by atoms with Gasteiger partial charge >= 0.3 is 0 Å². The molecule has 1 spiro atoms. The van der Waals surface area contributed by atoms with E-state index >= 15 is 0 Å². The lowest BCUT2D eigenvalue weighted by Gasteiger charge is -2.44. The van der Waals surface area contributed by atoms with E-state index in [0.717, 1.165) is 19.3 Å². The second-order valence-corrected chi connectivity index (χ2v) is 9.51. The van der Waals surface area contributed by atoms with E-state index in [9.17, 15) is 14.4 Å². The molecule has 1 atom stereocenters. The van der Waals surface area contributed by atoms with Gasteiger partial charge in [-0.25, -0.2) is 10.3 Å². The lowest BCUT2D eigenvalue weighted by Crippen LogP contribution is -2.52. The normalized spacial score (nSPS) is 21.2. The van der Waals surface area contributed by atoms with Crippen LogP contribution in [0.4, 0.5) is 0 Å². The molecule has 0 saturated carbocycles. The van der Waals surface area contributed by atoms with Crippen molar-refractivity contribution in [3.05, 3.63) is 71.3 Å². The van der Waals surface area contributed by atoms with Crippen LogP contribution in [0.15, 0.2) is 54.6 Å². The Kier molecular flexibility index (Phi) is 7.16. The minimum Gasteiger partial charge on any atom is -0.486 e. The highest BCUT2D eigenvalue weighted by molar-refractivity contribution is 6.01. The lowest BCUT2D eigenvalue weighted by atomic mass is 9.82. The molecule has 2 aromatic rings. The number of carbonyl (C=O) groups excluding carboxylic acids is 3. The molecule has 0 radical (unpaired) electrons. The largest absolute Gasteiger partial charge is 0.486 e. The molecule has 5 rings (SSSR count). The summed E-state index contributed by atoms with van der Waals surface area (Å²) in [6.45, 7) is 1.72. The predicted octanol–water partition coefficient (Wildman–Crippen LogP) is 3.91. The third-order valence-electron chi connectivity index (χ3n) is 6.95. The Hall–Kier alpha value is -3.49. The van der Waals surface area contributed by atoms with Crippen LogP contribution in [0.1, 0.15) is 64.8 Å². The molecule has 3 aliphatic heterocycles. The van der Waals surface area contributed by atoms with Crippen molar-refractivity contribution in [2.45, 2.75) is 50.4 Å². The smallest absolute Gasteiger partial charge is 0.267 e. The van der Waals surface area contributed by atoms with Crippen molar-refractivity contribution in [3.63, 3.8) is 0 Å². The Labute approximate surface area is 210 Å². The van der Waals surface area contributed by atoms with Gasteiger partial charge in [0.2, 0.25) is 0 Å². The number of benzene rings is 2. The van der Waals surface area contributed by atoms with Gasteiger partial charge in [-0.2, -0.15) is 0 Å². The highest BCUT2D eigenvalue weighted by Gasteiger charge is 2.43. The zero-order valence-electron chi connectivity index (χ0n) is 20.1. The van der Waals surface area contributed by atoms with Crippen LogP contribution in [-0.4, -0.2) is 54.1 Å². The first-order valence-corrected chi connectivity index (χ1v) is 12.5. The summed E-state index contributed by atoms with van der Waals surface area (Å²) in [6, 6.07) is 14.6. The van der Waals surface area contributed by atoms with Gasteiger partial charge in [-0.3, -0.25) is 14.4 Å². The third kappa shape index (κ3) is 5.50. The number of likely N-dealkylation sites (tertiary alicyclic amines) is 1. The first kappa shape index (κ1) is 24.2. The maximum absolute atomic E-state index is 13.1. The topological polar surface area (TPSA) is 94.2 Å². The van der Waals surface area contributed by atoms with Crippen molar-refractivity contribution in [1.82, 2.24) is 10.4 Å². The van der Waals surface area contributed by atoms with Crippen LogP contribution in [0.25, 0.3) is 6.08 Å². The van der Waals surface area contributed by atoms with Crippen LogP contribution in [0, 0.1) is 0 Å². The number of piperidine rings is 1. The summed E-state index contributed by atoms with van der Waals surface area (Å²) in [5, 5.41) is 0. The minimum atomic E-state index is -0.590. The summed E-state index contributed by atoms with van der Waals surface area (Å²) >= 11 is 0. The second-order valence-electron chi connectivity index (χ2n) is 9.51. The van der Waals surface area contributed by atoms with Gasteiger partial charge in [-0.05, 0) is 48.7 Å². The fourth-order valence-corrected chi connectivity index (χ4v) is 4.91. The number of Topliss-reactive ketones (excluding diaryl/α,β-unsaturated/α-hetero) is 1. The molecule has 188 valence electrons. The summed E-state index contributed by atoms with van der Waals surface area (Å²) in [6.07, 6.45) is 6.81. The van der Waals surface area contributed by atoms with E-state index in [4.69, 9.17) is 14.3 Å². The van der Waals surface area contributed by atoms with Crippen LogP contribution in [0.3, 0.4) is 0 Å². The minimum absolute atomic E-state index is 0.00474. The van der Waals surface area contributed by atoms with Crippen molar-refractivity contribution in [3.8, 4) is 5.75 Å². The van der Waals surface area contributed by atoms with Gasteiger partial charge in [-0.15, -0.1) is 0 Å². The Bertz CT molecular complexity index is 1150. The Morgan fingerprint density at radius 2 is 1.89 bits per heavy atom. The zero-order valence-corrected chi connectivity index (χ0v) is 20.1. The molecule has 2 saturated heterocycles. The van der Waals surface area contributed by atoms with E-state index < -0.39 is 17.8 Å². The first-order chi connectivity index (χ1) is 17.5. The number of amides is 2. The van der Waals surface area contributed by atoms with Gasteiger partial charge in [0.05, 0.1) is 12.0 Å². The molecule has 0 bridgehead atoms. The molecule has 0 aromatic heterocycles. The van der Waals surface area contributed by atoms with E-state index in [1.165, 1.54) is 6.08 Å². The van der Waals surface area contributed by atoms with E-state index in [0.29, 0.717) is 55.0 Å². The molecular formula is C28H30N2O6. The van der Waals surface area contributed by atoms with Gasteiger partial charge in [0.1, 0.15) is 11.4 Å². The summed E-state index contributed by atoms with van der Waals surface area (Å²) in [7, 11) is 0. The van der Waals surface area contributed by atoms with Gasteiger partial charge < -0.3 is 14.4 Å². The zero-order chi connectivity index (χ0) is 25.0. The highest BCUT2D eigenvalue weighted by Crippen LogP contribution is 2.40. The van der Waals surface area contributed by atoms with Gasteiger partial charge in [0.25, 0.3) is 11.8 Å². The summed E-state index contributed by atoms with van der Waals surface area (Å²) in [4.78, 5) is 45.0. The van der Waals surface area contributed by atoms with Gasteiger partial charge in [0.15, 0.2) is 12.1 Å². The number of hydroxylamine groups is 1. The Morgan fingerprint density at radius 3 is 2.64 bits per heavy atom. The summed E-state index contributed by atoms with van der Waals surface area (Å²) in [5.74, 6) is 0.162. The van der Waals surface area contributed by atoms with Crippen molar-refractivity contribution < 1.29 is 28.7 Å². The fourth-order valence-electron chi connectivity index (χ4n) is 4.91.